The van der Waals surface area contributed by atoms with E-state index in [0.29, 0.717) is 28.4 Å². The maximum atomic E-state index is 12.8. The van der Waals surface area contributed by atoms with Gasteiger partial charge < -0.3 is 5.32 Å². The Hall–Kier alpha value is -2.31. The fraction of sp³-hybridized carbons (Fsp3) is 0.250. The minimum Gasteiger partial charge on any atom is -0.326 e. The van der Waals surface area contributed by atoms with E-state index in [0.717, 1.165) is 12.8 Å². The highest BCUT2D eigenvalue weighted by atomic mass is 35.5. The summed E-state index contributed by atoms with van der Waals surface area (Å²) in [4.78, 5) is 12.5. The van der Waals surface area contributed by atoms with Crippen molar-refractivity contribution in [1.82, 2.24) is 0 Å². The van der Waals surface area contributed by atoms with Gasteiger partial charge in [0.25, 0.3) is 10.0 Å². The van der Waals surface area contributed by atoms with Gasteiger partial charge in [-0.25, -0.2) is 8.42 Å². The zero-order valence-electron chi connectivity index (χ0n) is 14.9. The van der Waals surface area contributed by atoms with Gasteiger partial charge in [-0.3, -0.25) is 9.52 Å². The average molecular weight is 405 g/mol. The van der Waals surface area contributed by atoms with Gasteiger partial charge in [0.05, 0.1) is 10.6 Å². The van der Waals surface area contributed by atoms with E-state index < -0.39 is 10.0 Å². The zero-order chi connectivity index (χ0) is 19.4. The van der Waals surface area contributed by atoms with Gasteiger partial charge in [-0.15, -0.1) is 0 Å². The largest absolute Gasteiger partial charge is 0.326 e. The lowest BCUT2D eigenvalue weighted by Crippen LogP contribution is -2.23. The van der Waals surface area contributed by atoms with E-state index in [4.69, 9.17) is 11.6 Å². The number of nitrogens with one attached hydrogen (secondary N) is 2. The highest BCUT2D eigenvalue weighted by Crippen LogP contribution is 2.25. The molecule has 2 N–H and O–H groups in total. The standard InChI is InChI=1S/C20H21ClN2O3S/c1-14-10-11-17(22-20(24)15-6-3-2-4-7-15)13-19(14)27(25,26)23-18-9-5-8-16(21)12-18/h2-3,5,8-13,15,23H,4,6-7H2,1H3,(H,22,24). The SMILES string of the molecule is Cc1ccc(NC(=O)C2CC=CCC2)cc1S(=O)(=O)Nc1cccc(Cl)c1. The Labute approximate surface area is 164 Å². The third-order valence-electron chi connectivity index (χ3n) is 4.46. The molecule has 0 fully saturated rings. The normalized spacial score (nSPS) is 16.7. The van der Waals surface area contributed by atoms with Gasteiger partial charge in [-0.1, -0.05) is 35.9 Å². The summed E-state index contributed by atoms with van der Waals surface area (Å²) in [5, 5.41) is 3.28. The number of halogens is 1. The van der Waals surface area contributed by atoms with Crippen molar-refractivity contribution in [2.75, 3.05) is 10.0 Å². The zero-order valence-corrected chi connectivity index (χ0v) is 16.5. The van der Waals surface area contributed by atoms with Crippen molar-refractivity contribution < 1.29 is 13.2 Å². The molecular weight excluding hydrogens is 384 g/mol. The third kappa shape index (κ3) is 4.90. The Balaban J connectivity index is 1.81. The van der Waals surface area contributed by atoms with Crippen LogP contribution in [0.4, 0.5) is 11.4 Å². The van der Waals surface area contributed by atoms with E-state index in [-0.39, 0.29) is 16.7 Å². The lowest BCUT2D eigenvalue weighted by molar-refractivity contribution is -0.120. The van der Waals surface area contributed by atoms with E-state index in [1.54, 1.807) is 37.3 Å². The molecule has 0 saturated carbocycles. The van der Waals surface area contributed by atoms with Gasteiger partial charge in [0.15, 0.2) is 0 Å². The Morgan fingerprint density at radius 3 is 2.63 bits per heavy atom. The van der Waals surface area contributed by atoms with Gasteiger partial charge in [-0.2, -0.15) is 0 Å². The Morgan fingerprint density at radius 2 is 1.93 bits per heavy atom. The molecule has 3 rings (SSSR count). The molecule has 1 atom stereocenters. The number of hydrogen-bond donors (Lipinski definition) is 2. The predicted octanol–water partition coefficient (Wildman–Crippen LogP) is 4.74. The average Bonchev–Trinajstić information content (AvgIpc) is 2.63. The lowest BCUT2D eigenvalue weighted by Gasteiger charge is -2.18. The monoisotopic (exact) mass is 404 g/mol. The Bertz CT molecular complexity index is 986. The summed E-state index contributed by atoms with van der Waals surface area (Å²) in [7, 11) is -3.82. The minimum atomic E-state index is -3.82. The molecule has 0 radical (unpaired) electrons. The fourth-order valence-corrected chi connectivity index (χ4v) is 4.52. The van der Waals surface area contributed by atoms with E-state index in [2.05, 4.69) is 16.1 Å². The highest BCUT2D eigenvalue weighted by Gasteiger charge is 2.21. The number of hydrogen-bond acceptors (Lipinski definition) is 3. The fourth-order valence-electron chi connectivity index (χ4n) is 3.01. The van der Waals surface area contributed by atoms with Crippen molar-refractivity contribution in [3.63, 3.8) is 0 Å². The van der Waals surface area contributed by atoms with Gasteiger partial charge in [0.1, 0.15) is 0 Å². The van der Waals surface area contributed by atoms with Crippen molar-refractivity contribution in [3.8, 4) is 0 Å². The van der Waals surface area contributed by atoms with Crippen LogP contribution in [0.5, 0.6) is 0 Å². The molecule has 0 aromatic heterocycles. The topological polar surface area (TPSA) is 75.3 Å². The summed E-state index contributed by atoms with van der Waals surface area (Å²) < 4.78 is 28.1. The number of amides is 1. The van der Waals surface area contributed by atoms with Gasteiger partial charge in [0, 0.05) is 16.6 Å². The van der Waals surface area contributed by atoms with E-state index in [9.17, 15) is 13.2 Å². The van der Waals surface area contributed by atoms with Crippen LogP contribution < -0.4 is 10.0 Å². The summed E-state index contributed by atoms with van der Waals surface area (Å²) in [6.45, 7) is 1.71. The van der Waals surface area contributed by atoms with Crippen LogP contribution in [0.2, 0.25) is 5.02 Å². The van der Waals surface area contributed by atoms with Crippen molar-refractivity contribution in [1.29, 1.82) is 0 Å². The molecule has 0 spiro atoms. The van der Waals surface area contributed by atoms with Crippen LogP contribution in [0, 0.1) is 12.8 Å². The van der Waals surface area contributed by atoms with Crippen LogP contribution in [0.15, 0.2) is 59.5 Å². The molecule has 1 aliphatic carbocycles. The van der Waals surface area contributed by atoms with E-state index >= 15 is 0 Å². The van der Waals surface area contributed by atoms with E-state index in [1.165, 1.54) is 12.1 Å². The second-order valence-electron chi connectivity index (χ2n) is 6.57. The maximum Gasteiger partial charge on any atom is 0.262 e. The van der Waals surface area contributed by atoms with Crippen molar-refractivity contribution in [3.05, 3.63) is 65.2 Å². The van der Waals surface area contributed by atoms with Crippen LogP contribution in [-0.2, 0) is 14.8 Å². The third-order valence-corrected chi connectivity index (χ3v) is 6.22. The van der Waals surface area contributed by atoms with Crippen LogP contribution >= 0.6 is 11.6 Å². The van der Waals surface area contributed by atoms with Crippen LogP contribution in [0.3, 0.4) is 0 Å². The number of benzene rings is 2. The smallest absolute Gasteiger partial charge is 0.262 e. The molecule has 0 saturated heterocycles. The van der Waals surface area contributed by atoms with E-state index in [1.807, 2.05) is 6.08 Å². The molecule has 0 bridgehead atoms. The van der Waals surface area contributed by atoms with Crippen LogP contribution in [-0.4, -0.2) is 14.3 Å². The first kappa shape index (κ1) is 19.5. The number of allylic oxidation sites excluding steroid dienone is 2. The summed E-state index contributed by atoms with van der Waals surface area (Å²) in [5.74, 6) is -0.171. The minimum absolute atomic E-state index is 0.0825. The Morgan fingerprint density at radius 1 is 1.11 bits per heavy atom. The molecule has 5 nitrogen and oxygen atoms in total. The first-order chi connectivity index (χ1) is 12.8. The molecular formula is C20H21ClN2O3S. The number of carbonyl (C=O) groups excluding carboxylic acids is 1. The maximum absolute atomic E-state index is 12.8. The number of sulfonamides is 1. The number of aryl methyl sites for hydroxylation is 1. The molecule has 2 aromatic carbocycles. The molecule has 0 aliphatic heterocycles. The second kappa shape index (κ2) is 8.15. The van der Waals surface area contributed by atoms with Crippen LogP contribution in [0.25, 0.3) is 0 Å². The molecule has 0 heterocycles. The molecule has 1 unspecified atom stereocenters. The molecule has 27 heavy (non-hydrogen) atoms. The molecule has 7 heteroatoms. The van der Waals surface area contributed by atoms with Crippen LogP contribution in [0.1, 0.15) is 24.8 Å². The number of rotatable bonds is 5. The van der Waals surface area contributed by atoms with Gasteiger partial charge >= 0.3 is 0 Å². The quantitative estimate of drug-likeness (QED) is 0.706. The summed E-state index contributed by atoms with van der Waals surface area (Å²) >= 11 is 5.92. The molecule has 2 aromatic rings. The molecule has 142 valence electrons. The molecule has 1 aliphatic rings. The second-order valence-corrected chi connectivity index (χ2v) is 8.65. The summed E-state index contributed by atoms with van der Waals surface area (Å²) in [6.07, 6.45) is 6.47. The lowest BCUT2D eigenvalue weighted by atomic mass is 9.93. The predicted molar refractivity (Wildman–Crippen MR) is 109 cm³/mol. The van der Waals surface area contributed by atoms with Gasteiger partial charge in [0.2, 0.25) is 5.91 Å². The molecule has 1 amide bonds. The number of anilines is 2. The van der Waals surface area contributed by atoms with Gasteiger partial charge in [-0.05, 0) is 62.1 Å². The van der Waals surface area contributed by atoms with Crippen molar-refractivity contribution in [2.45, 2.75) is 31.1 Å². The van der Waals surface area contributed by atoms with Crippen molar-refractivity contribution in [2.24, 2.45) is 5.92 Å². The summed E-state index contributed by atoms with van der Waals surface area (Å²) in [6, 6.07) is 11.4. The summed E-state index contributed by atoms with van der Waals surface area (Å²) in [5.41, 5.74) is 1.43. The first-order valence-corrected chi connectivity index (χ1v) is 10.6. The van der Waals surface area contributed by atoms with Crippen molar-refractivity contribution >= 4 is 38.9 Å². The number of carbonyl (C=O) groups is 1. The first-order valence-electron chi connectivity index (χ1n) is 8.70. The Kier molecular flexibility index (Phi) is 5.87. The highest BCUT2D eigenvalue weighted by molar-refractivity contribution is 7.92.